The lowest BCUT2D eigenvalue weighted by molar-refractivity contribution is -0.274. The number of carbonyl (C=O) groups is 1. The maximum absolute atomic E-state index is 15.0. The van der Waals surface area contributed by atoms with Gasteiger partial charge in [-0.2, -0.15) is 4.99 Å². The summed E-state index contributed by atoms with van der Waals surface area (Å²) in [7, 11) is 0. The molecule has 8 nitrogen and oxygen atoms in total. The van der Waals surface area contributed by atoms with Crippen LogP contribution in [0.15, 0.2) is 83.4 Å². The lowest BCUT2D eigenvalue weighted by atomic mass is 10.1. The largest absolute Gasteiger partial charge is 0.573 e. The number of urea groups is 1. The van der Waals surface area contributed by atoms with Gasteiger partial charge in [0.15, 0.2) is 16.8 Å². The van der Waals surface area contributed by atoms with E-state index in [9.17, 15) is 22.4 Å². The molecule has 14 heteroatoms. The topological polar surface area (TPSA) is 86.3 Å². The van der Waals surface area contributed by atoms with Crippen molar-refractivity contribution in [3.05, 3.63) is 106 Å². The van der Waals surface area contributed by atoms with Crippen LogP contribution in [0.4, 0.5) is 26.7 Å². The number of para-hydroxylation sites is 1. The summed E-state index contributed by atoms with van der Waals surface area (Å²) in [6.07, 6.45) is -7.99. The van der Waals surface area contributed by atoms with Gasteiger partial charge in [0.05, 0.1) is 11.4 Å². The highest BCUT2D eigenvalue weighted by Gasteiger charge is 2.31. The first-order valence-corrected chi connectivity index (χ1v) is 14.0. The molecule has 0 saturated carbocycles. The number of nitrogens with one attached hydrogen (secondary N) is 1. The number of aromatic nitrogens is 4. The third kappa shape index (κ3) is 6.86. The third-order valence-electron chi connectivity index (χ3n) is 6.57. The fraction of sp³-hybridized carbons (Fsp3) is 0.200. The number of thiazole rings is 1. The van der Waals surface area contributed by atoms with Gasteiger partial charge in [0.25, 0.3) is 0 Å². The zero-order valence-electron chi connectivity index (χ0n) is 23.5. The lowest BCUT2D eigenvalue weighted by Crippen LogP contribution is -2.34. The molecule has 0 radical (unpaired) electrons. The van der Waals surface area contributed by atoms with E-state index in [1.54, 1.807) is 4.57 Å². The minimum absolute atomic E-state index is 0.0289. The molecule has 2 aromatic heterocycles. The molecular formula is C30H25F5N6O2S. The van der Waals surface area contributed by atoms with Crippen molar-refractivity contribution in [1.29, 1.82) is 0 Å². The van der Waals surface area contributed by atoms with E-state index >= 15 is 4.39 Å². The molecule has 0 saturated heterocycles. The third-order valence-corrected chi connectivity index (χ3v) is 7.52. The van der Waals surface area contributed by atoms with E-state index in [0.717, 1.165) is 34.6 Å². The summed E-state index contributed by atoms with van der Waals surface area (Å²) in [5.74, 6) is -0.133. The Morgan fingerprint density at radius 1 is 0.977 bits per heavy atom. The van der Waals surface area contributed by atoms with Crippen molar-refractivity contribution >= 4 is 17.4 Å². The molecule has 0 bridgehead atoms. The minimum atomic E-state index is -4.80. The predicted octanol–water partition coefficient (Wildman–Crippen LogP) is 7.23. The van der Waals surface area contributed by atoms with E-state index in [0.29, 0.717) is 16.1 Å². The Bertz CT molecular complexity index is 1830. The molecule has 2 unspecified atom stereocenters. The number of hydrogen-bond donors (Lipinski definition) is 1. The van der Waals surface area contributed by atoms with E-state index in [-0.39, 0.29) is 17.1 Å². The van der Waals surface area contributed by atoms with Gasteiger partial charge in [-0.3, -0.25) is 4.57 Å². The molecule has 5 rings (SSSR count). The summed E-state index contributed by atoms with van der Waals surface area (Å²) >= 11 is 1.21. The van der Waals surface area contributed by atoms with E-state index in [1.807, 2.05) is 49.7 Å². The Morgan fingerprint density at radius 2 is 1.64 bits per heavy atom. The smallest absolute Gasteiger partial charge is 0.406 e. The Balaban J connectivity index is 1.26. The first-order valence-electron chi connectivity index (χ1n) is 13.1. The van der Waals surface area contributed by atoms with Crippen LogP contribution >= 0.6 is 11.3 Å². The fourth-order valence-electron chi connectivity index (χ4n) is 4.52. The molecule has 3 aromatic carbocycles. The van der Waals surface area contributed by atoms with Crippen molar-refractivity contribution in [3.8, 4) is 28.5 Å². The second-order valence-electron chi connectivity index (χ2n) is 9.78. The first-order chi connectivity index (χ1) is 20.9. The summed E-state index contributed by atoms with van der Waals surface area (Å²) in [6, 6.07) is 15.5. The summed E-state index contributed by atoms with van der Waals surface area (Å²) in [5.41, 5.74) is 4.53. The molecule has 44 heavy (non-hydrogen) atoms. The van der Waals surface area contributed by atoms with Gasteiger partial charge in [-0.05, 0) is 61.7 Å². The monoisotopic (exact) mass is 628 g/mol. The SMILES string of the molecule is Cc1cccc(C)c1-n1c(C)cs/c1=N\C(=O)NC(F)C(F)c1ccc(-c2ncn(-c3ccc(OC(F)(F)F)cc3)n2)cc1. The van der Waals surface area contributed by atoms with E-state index in [1.165, 1.54) is 58.7 Å². The number of aryl methyl sites for hydroxylation is 3. The second kappa shape index (κ2) is 12.4. The van der Waals surface area contributed by atoms with Crippen LogP contribution in [-0.2, 0) is 0 Å². The average molecular weight is 629 g/mol. The molecule has 2 atom stereocenters. The van der Waals surface area contributed by atoms with Gasteiger partial charge in [-0.15, -0.1) is 29.6 Å². The van der Waals surface area contributed by atoms with Gasteiger partial charge >= 0.3 is 12.4 Å². The standard InChI is InChI=1S/C30H25F5N6O2S/c1-17-5-4-6-18(2)25(17)41-19(3)15-44-29(41)38-28(42)37-26(32)24(31)20-7-9-21(10-8-20)27-36-16-40(39-27)22-11-13-23(14-12-22)43-30(33,34)35/h4-16,24,26H,1-3H3,(H,37,42)/b38-29-. The van der Waals surface area contributed by atoms with Crippen LogP contribution in [0.3, 0.4) is 0 Å². The highest BCUT2D eigenvalue weighted by molar-refractivity contribution is 7.07. The van der Waals surface area contributed by atoms with E-state index in [4.69, 9.17) is 0 Å². The van der Waals surface area contributed by atoms with Crippen LogP contribution in [0.1, 0.15) is 28.6 Å². The van der Waals surface area contributed by atoms with Crippen molar-refractivity contribution in [2.75, 3.05) is 0 Å². The highest BCUT2D eigenvalue weighted by Crippen LogP contribution is 2.27. The molecule has 0 fully saturated rings. The van der Waals surface area contributed by atoms with Crippen LogP contribution in [0.25, 0.3) is 22.8 Å². The Labute approximate surface area is 252 Å². The highest BCUT2D eigenvalue weighted by atomic mass is 32.1. The summed E-state index contributed by atoms with van der Waals surface area (Å²) in [5, 5.41) is 8.09. The normalized spacial score (nSPS) is 13.5. The number of ether oxygens (including phenoxy) is 1. The second-order valence-corrected chi connectivity index (χ2v) is 10.6. The van der Waals surface area contributed by atoms with Gasteiger partial charge < -0.3 is 10.1 Å². The van der Waals surface area contributed by atoms with Crippen molar-refractivity contribution in [2.45, 2.75) is 39.6 Å². The minimum Gasteiger partial charge on any atom is -0.406 e. The number of hydrogen-bond acceptors (Lipinski definition) is 5. The number of amides is 2. The summed E-state index contributed by atoms with van der Waals surface area (Å²) < 4.78 is 74.1. The number of nitrogens with zero attached hydrogens (tertiary/aromatic N) is 5. The maximum atomic E-state index is 15.0. The molecular weight excluding hydrogens is 603 g/mol. The molecule has 2 heterocycles. The zero-order valence-corrected chi connectivity index (χ0v) is 24.3. The predicted molar refractivity (Wildman–Crippen MR) is 154 cm³/mol. The van der Waals surface area contributed by atoms with Crippen LogP contribution < -0.4 is 14.9 Å². The molecule has 5 aromatic rings. The van der Waals surface area contributed by atoms with Gasteiger partial charge in [0.1, 0.15) is 12.1 Å². The summed E-state index contributed by atoms with van der Waals surface area (Å²) in [4.78, 5) is 21.1. The number of carbonyl (C=O) groups excluding carboxylic acids is 1. The molecule has 2 amide bonds. The van der Waals surface area contributed by atoms with E-state index < -0.39 is 24.9 Å². The Kier molecular flexibility index (Phi) is 8.63. The quantitative estimate of drug-likeness (QED) is 0.152. The number of alkyl halides is 5. The Morgan fingerprint density at radius 3 is 2.27 bits per heavy atom. The average Bonchev–Trinajstić information content (AvgIpc) is 3.60. The molecule has 228 valence electrons. The fourth-order valence-corrected chi connectivity index (χ4v) is 5.37. The van der Waals surface area contributed by atoms with Crippen LogP contribution in [0.5, 0.6) is 5.75 Å². The Hall–Kier alpha value is -4.85. The first kappa shape index (κ1) is 30.6. The lowest BCUT2D eigenvalue weighted by Gasteiger charge is -2.15. The van der Waals surface area contributed by atoms with Crippen molar-refractivity contribution in [3.63, 3.8) is 0 Å². The van der Waals surface area contributed by atoms with Crippen molar-refractivity contribution < 1.29 is 31.5 Å². The number of benzene rings is 3. The molecule has 0 spiro atoms. The molecule has 1 N–H and O–H groups in total. The van der Waals surface area contributed by atoms with Crippen LogP contribution in [0.2, 0.25) is 0 Å². The summed E-state index contributed by atoms with van der Waals surface area (Å²) in [6.45, 7) is 5.74. The zero-order chi connectivity index (χ0) is 31.6. The van der Waals surface area contributed by atoms with Crippen LogP contribution in [0, 0.1) is 20.8 Å². The molecule has 0 aliphatic heterocycles. The van der Waals surface area contributed by atoms with Crippen molar-refractivity contribution in [1.82, 2.24) is 24.6 Å². The molecule has 0 aliphatic rings. The number of rotatable bonds is 7. The number of halogens is 5. The molecule has 0 aliphatic carbocycles. The van der Waals surface area contributed by atoms with Gasteiger partial charge in [-0.1, -0.05) is 42.5 Å². The van der Waals surface area contributed by atoms with Gasteiger partial charge in [-0.25, -0.2) is 23.2 Å². The van der Waals surface area contributed by atoms with E-state index in [2.05, 4.69) is 19.8 Å². The van der Waals surface area contributed by atoms with Gasteiger partial charge in [0.2, 0.25) is 6.30 Å². The maximum Gasteiger partial charge on any atom is 0.573 e. The van der Waals surface area contributed by atoms with Gasteiger partial charge in [0, 0.05) is 16.6 Å². The van der Waals surface area contributed by atoms with Crippen molar-refractivity contribution in [2.24, 2.45) is 4.99 Å². The van der Waals surface area contributed by atoms with Crippen LogP contribution in [-0.4, -0.2) is 38.0 Å².